The summed E-state index contributed by atoms with van der Waals surface area (Å²) in [7, 11) is 0. The number of hydrogen-bond acceptors (Lipinski definition) is 3. The van der Waals surface area contributed by atoms with Crippen LogP contribution in [0.2, 0.25) is 0 Å². The number of phenols is 1. The van der Waals surface area contributed by atoms with Gasteiger partial charge in [-0.25, -0.2) is 0 Å². The molecule has 78 valence electrons. The molecule has 0 unspecified atom stereocenters. The van der Waals surface area contributed by atoms with Gasteiger partial charge in [-0.05, 0) is 38.1 Å². The number of fused-ring (bicyclic) bond motifs is 1. The third-order valence-electron chi connectivity index (χ3n) is 2.35. The van der Waals surface area contributed by atoms with Crippen LogP contribution in [0.5, 0.6) is 11.5 Å². The lowest BCUT2D eigenvalue weighted by Crippen LogP contribution is -2.28. The molecule has 1 heterocycles. The molecule has 1 aliphatic rings. The molecule has 0 aromatic heterocycles. The van der Waals surface area contributed by atoms with Crippen LogP contribution in [0.3, 0.4) is 0 Å². The Hall–Kier alpha value is -1.77. The Bertz CT molecular complexity index is 444. The van der Waals surface area contributed by atoms with Gasteiger partial charge >= 0.3 is 0 Å². The average Bonchev–Trinajstić information content (AvgIpc) is 2.17. The van der Waals surface area contributed by atoms with E-state index in [0.717, 1.165) is 6.29 Å². The van der Waals surface area contributed by atoms with Crippen molar-refractivity contribution in [3.8, 4) is 11.5 Å². The summed E-state index contributed by atoms with van der Waals surface area (Å²) in [5, 5.41) is 9.60. The largest absolute Gasteiger partial charge is 0.507 e. The monoisotopic (exact) mass is 204 g/mol. The summed E-state index contributed by atoms with van der Waals surface area (Å²) in [5.41, 5.74) is 0.581. The maximum absolute atomic E-state index is 10.8. The molecule has 1 aromatic rings. The number of hydrogen-bond donors (Lipinski definition) is 1. The van der Waals surface area contributed by atoms with Gasteiger partial charge in [-0.15, -0.1) is 0 Å². The maximum Gasteiger partial charge on any atom is 0.153 e. The van der Waals surface area contributed by atoms with E-state index in [0.29, 0.717) is 16.9 Å². The van der Waals surface area contributed by atoms with Gasteiger partial charge in [-0.3, -0.25) is 4.79 Å². The van der Waals surface area contributed by atoms with Crippen LogP contribution in [0.1, 0.15) is 29.8 Å². The number of carbonyl (C=O) groups excluding carboxylic acids is 1. The lowest BCUT2D eigenvalue weighted by Gasteiger charge is -2.28. The second kappa shape index (κ2) is 3.12. The molecule has 0 saturated carbocycles. The Morgan fingerprint density at radius 3 is 2.80 bits per heavy atom. The quantitative estimate of drug-likeness (QED) is 0.714. The number of ether oxygens (including phenoxy) is 1. The molecule has 2 rings (SSSR count). The molecule has 0 saturated heterocycles. The van der Waals surface area contributed by atoms with Crippen molar-refractivity contribution < 1.29 is 14.6 Å². The average molecular weight is 204 g/mol. The highest BCUT2D eigenvalue weighted by atomic mass is 16.5. The molecule has 15 heavy (non-hydrogen) atoms. The predicted molar refractivity (Wildman–Crippen MR) is 57.2 cm³/mol. The first-order chi connectivity index (χ1) is 7.03. The molecule has 0 spiro atoms. The van der Waals surface area contributed by atoms with Crippen molar-refractivity contribution in [1.82, 2.24) is 0 Å². The normalized spacial score (nSPS) is 16.7. The summed E-state index contributed by atoms with van der Waals surface area (Å²) in [5.74, 6) is 0.583. The Balaban J connectivity index is 2.64. The fourth-order valence-corrected chi connectivity index (χ4v) is 1.55. The van der Waals surface area contributed by atoms with Crippen molar-refractivity contribution in [2.45, 2.75) is 19.4 Å². The van der Waals surface area contributed by atoms with Gasteiger partial charge in [0.05, 0.1) is 11.1 Å². The lowest BCUT2D eigenvalue weighted by atomic mass is 9.99. The van der Waals surface area contributed by atoms with Crippen LogP contribution in [-0.4, -0.2) is 17.0 Å². The zero-order valence-corrected chi connectivity index (χ0v) is 8.65. The number of aldehydes is 1. The van der Waals surface area contributed by atoms with Gasteiger partial charge in [-0.1, -0.05) is 0 Å². The van der Waals surface area contributed by atoms with Crippen molar-refractivity contribution in [3.05, 3.63) is 29.3 Å². The molecule has 0 fully saturated rings. The van der Waals surface area contributed by atoms with Crippen LogP contribution in [0.15, 0.2) is 18.2 Å². The first kappa shape index (κ1) is 9.77. The van der Waals surface area contributed by atoms with Crippen molar-refractivity contribution in [3.63, 3.8) is 0 Å². The Labute approximate surface area is 88.0 Å². The molecular formula is C12H12O3. The molecule has 0 bridgehead atoms. The Kier molecular flexibility index (Phi) is 2.03. The number of phenolic OH excluding ortho intramolecular Hbond substituents is 1. The van der Waals surface area contributed by atoms with Crippen LogP contribution in [0.25, 0.3) is 6.08 Å². The first-order valence-corrected chi connectivity index (χ1v) is 4.73. The van der Waals surface area contributed by atoms with E-state index in [4.69, 9.17) is 4.74 Å². The molecule has 0 atom stereocenters. The van der Waals surface area contributed by atoms with Crippen LogP contribution in [0.4, 0.5) is 0 Å². The van der Waals surface area contributed by atoms with E-state index in [1.165, 1.54) is 6.07 Å². The summed E-state index contributed by atoms with van der Waals surface area (Å²) < 4.78 is 5.64. The van der Waals surface area contributed by atoms with E-state index in [9.17, 15) is 9.90 Å². The smallest absolute Gasteiger partial charge is 0.153 e. The van der Waals surface area contributed by atoms with E-state index in [2.05, 4.69) is 0 Å². The fourth-order valence-electron chi connectivity index (χ4n) is 1.55. The van der Waals surface area contributed by atoms with Crippen LogP contribution >= 0.6 is 0 Å². The molecule has 1 N–H and O–H groups in total. The third kappa shape index (κ3) is 1.61. The van der Waals surface area contributed by atoms with E-state index in [1.807, 2.05) is 19.9 Å². The minimum atomic E-state index is -0.446. The van der Waals surface area contributed by atoms with Gasteiger partial charge in [0.1, 0.15) is 17.1 Å². The molecule has 0 radical (unpaired) electrons. The number of aromatic hydroxyl groups is 1. The van der Waals surface area contributed by atoms with Gasteiger partial charge < -0.3 is 9.84 Å². The Morgan fingerprint density at radius 1 is 1.40 bits per heavy atom. The standard InChI is InChI=1S/C12H12O3/c1-12(2)6-5-9-10(14)4-3-8(7-13)11(9)15-12/h3-7,14H,1-2H3. The van der Waals surface area contributed by atoms with Crippen molar-refractivity contribution >= 4 is 12.4 Å². The van der Waals surface area contributed by atoms with Crippen LogP contribution in [0, 0.1) is 0 Å². The lowest BCUT2D eigenvalue weighted by molar-refractivity contribution is 0.110. The van der Waals surface area contributed by atoms with Gasteiger partial charge in [0, 0.05) is 0 Å². The van der Waals surface area contributed by atoms with Crippen LogP contribution < -0.4 is 4.74 Å². The number of rotatable bonds is 1. The summed E-state index contributed by atoms with van der Waals surface area (Å²) in [6.07, 6.45) is 4.36. The van der Waals surface area contributed by atoms with E-state index < -0.39 is 5.60 Å². The summed E-state index contributed by atoms with van der Waals surface area (Å²) in [4.78, 5) is 10.8. The fraction of sp³-hybridized carbons (Fsp3) is 0.250. The van der Waals surface area contributed by atoms with E-state index in [-0.39, 0.29) is 5.75 Å². The summed E-state index contributed by atoms with van der Waals surface area (Å²) in [6.45, 7) is 3.79. The van der Waals surface area contributed by atoms with Gasteiger partial charge in [0.15, 0.2) is 6.29 Å². The second-order valence-electron chi connectivity index (χ2n) is 4.07. The van der Waals surface area contributed by atoms with Gasteiger partial charge in [0.25, 0.3) is 0 Å². The molecule has 3 nitrogen and oxygen atoms in total. The molecule has 0 aliphatic carbocycles. The minimum absolute atomic E-state index is 0.127. The first-order valence-electron chi connectivity index (χ1n) is 4.73. The molecule has 0 amide bonds. The van der Waals surface area contributed by atoms with Gasteiger partial charge in [0.2, 0.25) is 0 Å². The summed E-state index contributed by atoms with van der Waals surface area (Å²) in [6, 6.07) is 3.05. The summed E-state index contributed by atoms with van der Waals surface area (Å²) >= 11 is 0. The van der Waals surface area contributed by atoms with E-state index in [1.54, 1.807) is 12.1 Å². The maximum atomic E-state index is 10.8. The zero-order valence-electron chi connectivity index (χ0n) is 8.65. The van der Waals surface area contributed by atoms with Crippen molar-refractivity contribution in [1.29, 1.82) is 0 Å². The van der Waals surface area contributed by atoms with Crippen molar-refractivity contribution in [2.24, 2.45) is 0 Å². The number of benzene rings is 1. The molecular weight excluding hydrogens is 192 g/mol. The molecule has 3 heteroatoms. The van der Waals surface area contributed by atoms with Crippen LogP contribution in [-0.2, 0) is 0 Å². The molecule has 1 aliphatic heterocycles. The third-order valence-corrected chi connectivity index (χ3v) is 2.35. The van der Waals surface area contributed by atoms with E-state index >= 15 is 0 Å². The minimum Gasteiger partial charge on any atom is -0.507 e. The number of carbonyl (C=O) groups is 1. The topological polar surface area (TPSA) is 46.5 Å². The second-order valence-corrected chi connectivity index (χ2v) is 4.07. The highest BCUT2D eigenvalue weighted by Crippen LogP contribution is 2.38. The predicted octanol–water partition coefficient (Wildman–Crippen LogP) is 2.39. The zero-order chi connectivity index (χ0) is 11.1. The molecule has 1 aromatic carbocycles. The highest BCUT2D eigenvalue weighted by Gasteiger charge is 2.25. The SMILES string of the molecule is CC1(C)C=Cc2c(O)ccc(C=O)c2O1. The Morgan fingerprint density at radius 2 is 2.13 bits per heavy atom. The van der Waals surface area contributed by atoms with Crippen molar-refractivity contribution in [2.75, 3.05) is 0 Å². The van der Waals surface area contributed by atoms with Gasteiger partial charge in [-0.2, -0.15) is 0 Å². The highest BCUT2D eigenvalue weighted by molar-refractivity contribution is 5.84.